The van der Waals surface area contributed by atoms with Crippen molar-refractivity contribution in [3.8, 4) is 0 Å². The summed E-state index contributed by atoms with van der Waals surface area (Å²) in [5, 5.41) is 5.90. The molecule has 2 unspecified atom stereocenters. The fraction of sp³-hybridized carbons (Fsp3) is 0.318. The van der Waals surface area contributed by atoms with Gasteiger partial charge < -0.3 is 15.5 Å². The summed E-state index contributed by atoms with van der Waals surface area (Å²) in [5.74, 6) is -0.372. The number of carbonyl (C=O) groups excluding carboxylic acids is 2. The Morgan fingerprint density at radius 2 is 2.04 bits per heavy atom. The van der Waals surface area contributed by atoms with E-state index < -0.39 is 0 Å². The summed E-state index contributed by atoms with van der Waals surface area (Å²) in [7, 11) is 0. The van der Waals surface area contributed by atoms with Crippen LogP contribution in [-0.4, -0.2) is 37.2 Å². The van der Waals surface area contributed by atoms with Gasteiger partial charge in [-0.15, -0.1) is 0 Å². The molecule has 4 rings (SSSR count). The maximum absolute atomic E-state index is 12.3. The lowest BCUT2D eigenvalue weighted by Gasteiger charge is -2.19. The van der Waals surface area contributed by atoms with Crippen molar-refractivity contribution >= 4 is 35.1 Å². The highest BCUT2D eigenvalue weighted by Gasteiger charge is 2.30. The second-order valence-corrected chi connectivity index (χ2v) is 7.43. The van der Waals surface area contributed by atoms with E-state index in [1.165, 1.54) is 0 Å². The van der Waals surface area contributed by atoms with E-state index in [0.29, 0.717) is 0 Å². The van der Waals surface area contributed by atoms with Gasteiger partial charge in [-0.1, -0.05) is 12.1 Å². The zero-order chi connectivity index (χ0) is 19.7. The molecule has 6 nitrogen and oxygen atoms in total. The Balaban J connectivity index is 1.45. The molecule has 2 atom stereocenters. The van der Waals surface area contributed by atoms with Gasteiger partial charge in [0, 0.05) is 43.6 Å². The van der Waals surface area contributed by atoms with E-state index in [9.17, 15) is 9.59 Å². The van der Waals surface area contributed by atoms with Crippen LogP contribution < -0.4 is 15.5 Å². The molecule has 28 heavy (non-hydrogen) atoms. The summed E-state index contributed by atoms with van der Waals surface area (Å²) in [6, 6.07) is 14.1. The second-order valence-electron chi connectivity index (χ2n) is 7.43. The Hall–Kier alpha value is -3.15. The van der Waals surface area contributed by atoms with Gasteiger partial charge in [0.1, 0.15) is 5.92 Å². The Morgan fingerprint density at radius 1 is 1.25 bits per heavy atom. The molecule has 2 aromatic rings. The number of hydrogen-bond acceptors (Lipinski definition) is 4. The fourth-order valence-electron chi connectivity index (χ4n) is 4.00. The summed E-state index contributed by atoms with van der Waals surface area (Å²) in [5.41, 5.74) is 4.90. The summed E-state index contributed by atoms with van der Waals surface area (Å²) in [6.07, 6.45) is 2.68. The third-order valence-electron chi connectivity index (χ3n) is 5.36. The largest absolute Gasteiger partial charge is 0.369 e. The van der Waals surface area contributed by atoms with Gasteiger partial charge in [-0.25, -0.2) is 0 Å². The van der Waals surface area contributed by atoms with Crippen molar-refractivity contribution in [3.63, 3.8) is 0 Å². The monoisotopic (exact) mass is 376 g/mol. The van der Waals surface area contributed by atoms with Gasteiger partial charge in [0.2, 0.25) is 11.8 Å². The molecule has 1 saturated heterocycles. The molecule has 1 fully saturated rings. The average Bonchev–Trinajstić information content (AvgIpc) is 3.24. The maximum Gasteiger partial charge on any atom is 0.237 e. The first-order chi connectivity index (χ1) is 13.5. The predicted octanol–water partition coefficient (Wildman–Crippen LogP) is 3.15. The van der Waals surface area contributed by atoms with Gasteiger partial charge in [0.25, 0.3) is 0 Å². The minimum Gasteiger partial charge on any atom is -0.369 e. The van der Waals surface area contributed by atoms with E-state index in [1.54, 1.807) is 13.1 Å². The zero-order valence-electron chi connectivity index (χ0n) is 16.1. The van der Waals surface area contributed by atoms with Gasteiger partial charge in [-0.3, -0.25) is 14.6 Å². The molecule has 2 aliphatic rings. The Labute approximate surface area is 164 Å². The van der Waals surface area contributed by atoms with Crippen LogP contribution in [0.4, 0.5) is 17.1 Å². The number of aliphatic imine (C=N–C) groups is 1. The molecule has 0 saturated carbocycles. The van der Waals surface area contributed by atoms with Crippen molar-refractivity contribution in [1.29, 1.82) is 0 Å². The lowest BCUT2D eigenvalue weighted by molar-refractivity contribution is -0.119. The number of anilines is 2. The smallest absolute Gasteiger partial charge is 0.237 e. The minimum atomic E-state index is -0.354. The first kappa shape index (κ1) is 18.2. The highest BCUT2D eigenvalue weighted by atomic mass is 16.2. The quantitative estimate of drug-likeness (QED) is 0.805. The minimum absolute atomic E-state index is 0.0179. The molecule has 0 radical (unpaired) electrons. The SMILES string of the molecule is CC(=O)NC1CCN(c2ccc(N=CC3C(=O)Nc4cccc(C)c43)cc2)C1. The number of nitrogens with zero attached hydrogens (tertiary/aromatic N) is 2. The molecular formula is C22H24N4O2. The summed E-state index contributed by atoms with van der Waals surface area (Å²) in [6.45, 7) is 5.31. The summed E-state index contributed by atoms with van der Waals surface area (Å²) >= 11 is 0. The highest BCUT2D eigenvalue weighted by molar-refractivity contribution is 6.13. The summed E-state index contributed by atoms with van der Waals surface area (Å²) in [4.78, 5) is 30.3. The molecule has 0 spiro atoms. The molecule has 0 aromatic heterocycles. The van der Waals surface area contributed by atoms with Crippen molar-refractivity contribution in [1.82, 2.24) is 5.32 Å². The Bertz CT molecular complexity index is 936. The van der Waals surface area contributed by atoms with E-state index in [0.717, 1.165) is 47.7 Å². The molecular weight excluding hydrogens is 352 g/mol. The number of aryl methyl sites for hydroxylation is 1. The molecule has 2 aromatic carbocycles. The topological polar surface area (TPSA) is 73.8 Å². The molecule has 0 bridgehead atoms. The van der Waals surface area contributed by atoms with Crippen molar-refractivity contribution in [3.05, 3.63) is 53.6 Å². The third kappa shape index (κ3) is 3.63. The van der Waals surface area contributed by atoms with Crippen molar-refractivity contribution in [2.75, 3.05) is 23.3 Å². The number of nitrogens with one attached hydrogen (secondary N) is 2. The standard InChI is InChI=1S/C22H24N4O2/c1-14-4-3-5-20-21(14)19(22(28)25-20)12-23-16-6-8-18(9-7-16)26-11-10-17(13-26)24-15(2)27/h3-9,12,17,19H,10-11,13H2,1-2H3,(H,24,27)(H,25,28). The maximum atomic E-state index is 12.3. The van der Waals surface area contributed by atoms with Crippen LogP contribution in [0.2, 0.25) is 0 Å². The van der Waals surface area contributed by atoms with Crippen molar-refractivity contribution in [2.24, 2.45) is 4.99 Å². The number of benzene rings is 2. The number of fused-ring (bicyclic) bond motifs is 1. The van der Waals surface area contributed by atoms with Gasteiger partial charge in [-0.2, -0.15) is 0 Å². The molecule has 2 amide bonds. The van der Waals surface area contributed by atoms with Crippen LogP contribution in [0.5, 0.6) is 0 Å². The number of hydrogen-bond donors (Lipinski definition) is 2. The number of rotatable bonds is 4. The van der Waals surface area contributed by atoms with E-state index in [-0.39, 0.29) is 23.8 Å². The molecule has 6 heteroatoms. The zero-order valence-corrected chi connectivity index (χ0v) is 16.1. The second kappa shape index (κ2) is 7.46. The van der Waals surface area contributed by atoms with Gasteiger partial charge in [-0.05, 0) is 54.8 Å². The molecule has 0 aliphatic carbocycles. The van der Waals surface area contributed by atoms with E-state index >= 15 is 0 Å². The van der Waals surface area contributed by atoms with Crippen LogP contribution in [0.3, 0.4) is 0 Å². The van der Waals surface area contributed by atoms with Gasteiger partial charge in [0.05, 0.1) is 5.69 Å². The van der Waals surface area contributed by atoms with Crippen LogP contribution >= 0.6 is 0 Å². The molecule has 2 aliphatic heterocycles. The molecule has 2 heterocycles. The fourth-order valence-corrected chi connectivity index (χ4v) is 4.00. The van der Waals surface area contributed by atoms with Crippen molar-refractivity contribution in [2.45, 2.75) is 32.2 Å². The van der Waals surface area contributed by atoms with E-state index in [2.05, 4.69) is 20.5 Å². The lowest BCUT2D eigenvalue weighted by Crippen LogP contribution is -2.35. The van der Waals surface area contributed by atoms with Crippen LogP contribution in [0.15, 0.2) is 47.5 Å². The van der Waals surface area contributed by atoms with Crippen LogP contribution in [-0.2, 0) is 9.59 Å². The normalized spacial score (nSPS) is 21.1. The molecule has 2 N–H and O–H groups in total. The average molecular weight is 376 g/mol. The first-order valence-electron chi connectivity index (χ1n) is 9.58. The van der Waals surface area contributed by atoms with Crippen LogP contribution in [0, 0.1) is 6.92 Å². The first-order valence-corrected chi connectivity index (χ1v) is 9.58. The Kier molecular flexibility index (Phi) is 4.86. The van der Waals surface area contributed by atoms with Gasteiger partial charge >= 0.3 is 0 Å². The highest BCUT2D eigenvalue weighted by Crippen LogP contribution is 2.34. The van der Waals surface area contributed by atoms with Crippen LogP contribution in [0.1, 0.15) is 30.4 Å². The van der Waals surface area contributed by atoms with Gasteiger partial charge in [0.15, 0.2) is 0 Å². The third-order valence-corrected chi connectivity index (χ3v) is 5.36. The summed E-state index contributed by atoms with van der Waals surface area (Å²) < 4.78 is 0. The van der Waals surface area contributed by atoms with Crippen LogP contribution in [0.25, 0.3) is 0 Å². The van der Waals surface area contributed by atoms with E-state index in [1.807, 2.05) is 49.4 Å². The number of amides is 2. The number of carbonyl (C=O) groups is 2. The van der Waals surface area contributed by atoms with Crippen molar-refractivity contribution < 1.29 is 9.59 Å². The Morgan fingerprint density at radius 3 is 2.79 bits per heavy atom. The molecule has 144 valence electrons. The predicted molar refractivity (Wildman–Crippen MR) is 112 cm³/mol. The van der Waals surface area contributed by atoms with E-state index in [4.69, 9.17) is 0 Å². The lowest BCUT2D eigenvalue weighted by atomic mass is 9.97.